The molecule has 0 bridgehead atoms. The quantitative estimate of drug-likeness (QED) is 0.275. The molecule has 5 heterocycles. The number of hydrogen-bond acceptors (Lipinski definition) is 10. The van der Waals surface area contributed by atoms with E-state index in [0.29, 0.717) is 42.2 Å². The van der Waals surface area contributed by atoms with E-state index >= 15 is 0 Å². The van der Waals surface area contributed by atoms with E-state index in [1.54, 1.807) is 16.7 Å². The van der Waals surface area contributed by atoms with Crippen molar-refractivity contribution in [3.05, 3.63) is 63.5 Å². The second kappa shape index (κ2) is 12.1. The number of imide groups is 1. The lowest BCUT2D eigenvalue weighted by molar-refractivity contribution is -0.141. The SMILES string of the molecule is Cc1nc2n(c(=O)c1CCN1CCC(c3noc4cc(OCNC(=O)CN5C(=O)C=CC5=O)ccc34)CC1)CCCC2O. The normalized spacial score (nSPS) is 19.3. The zero-order valence-corrected chi connectivity index (χ0v) is 24.0. The maximum Gasteiger partial charge on any atom is 0.257 e. The minimum atomic E-state index is -0.668. The van der Waals surface area contributed by atoms with Gasteiger partial charge < -0.3 is 24.6 Å². The van der Waals surface area contributed by atoms with E-state index in [1.807, 2.05) is 13.0 Å². The highest BCUT2D eigenvalue weighted by Gasteiger charge is 2.28. The van der Waals surface area contributed by atoms with Crippen molar-refractivity contribution in [3.8, 4) is 5.75 Å². The van der Waals surface area contributed by atoms with E-state index in [-0.39, 0.29) is 24.8 Å². The van der Waals surface area contributed by atoms with Crippen molar-refractivity contribution >= 4 is 28.7 Å². The Hall–Kier alpha value is -4.36. The van der Waals surface area contributed by atoms with Crippen LogP contribution >= 0.6 is 0 Å². The number of fused-ring (bicyclic) bond motifs is 2. The molecule has 3 aliphatic heterocycles. The summed E-state index contributed by atoms with van der Waals surface area (Å²) in [6.07, 6.45) is 5.46. The average molecular weight is 591 g/mol. The molecular weight excluding hydrogens is 556 g/mol. The van der Waals surface area contributed by atoms with Gasteiger partial charge in [-0.05, 0) is 64.3 Å². The van der Waals surface area contributed by atoms with Crippen LogP contribution in [-0.4, -0.2) is 80.2 Å². The number of aromatic nitrogens is 3. The number of nitrogens with zero attached hydrogens (tertiary/aromatic N) is 5. The first-order valence-electron chi connectivity index (χ1n) is 14.6. The Morgan fingerprint density at radius 2 is 1.88 bits per heavy atom. The number of hydrogen-bond donors (Lipinski definition) is 2. The van der Waals surface area contributed by atoms with Crippen molar-refractivity contribution in [3.63, 3.8) is 0 Å². The number of rotatable bonds is 9. The fourth-order valence-corrected chi connectivity index (χ4v) is 6.06. The molecule has 2 N–H and O–H groups in total. The van der Waals surface area contributed by atoms with E-state index in [0.717, 1.165) is 72.6 Å². The van der Waals surface area contributed by atoms with Crippen LogP contribution in [0.2, 0.25) is 0 Å². The van der Waals surface area contributed by atoms with E-state index < -0.39 is 23.8 Å². The number of nitrogens with one attached hydrogen (secondary N) is 1. The molecule has 226 valence electrons. The van der Waals surface area contributed by atoms with Crippen LogP contribution in [0.15, 0.2) is 39.7 Å². The number of benzene rings is 1. The summed E-state index contributed by atoms with van der Waals surface area (Å²) in [4.78, 5) is 56.2. The van der Waals surface area contributed by atoms with Gasteiger partial charge in [-0.1, -0.05) is 5.16 Å². The minimum Gasteiger partial charge on any atom is -0.473 e. The van der Waals surface area contributed by atoms with Crippen molar-refractivity contribution in [2.24, 2.45) is 0 Å². The van der Waals surface area contributed by atoms with Gasteiger partial charge in [0, 0.05) is 53.9 Å². The lowest BCUT2D eigenvalue weighted by Crippen LogP contribution is -2.41. The van der Waals surface area contributed by atoms with Gasteiger partial charge in [-0.3, -0.25) is 28.6 Å². The van der Waals surface area contributed by atoms with Gasteiger partial charge in [0.25, 0.3) is 17.4 Å². The summed E-state index contributed by atoms with van der Waals surface area (Å²) >= 11 is 0. The zero-order valence-electron chi connectivity index (χ0n) is 24.0. The third-order valence-electron chi connectivity index (χ3n) is 8.49. The molecule has 0 saturated carbocycles. The molecule has 6 rings (SSSR count). The van der Waals surface area contributed by atoms with Gasteiger partial charge in [-0.2, -0.15) is 0 Å². The maximum atomic E-state index is 13.1. The fourth-order valence-electron chi connectivity index (χ4n) is 6.06. The summed E-state index contributed by atoms with van der Waals surface area (Å²) in [5.41, 5.74) is 2.91. The molecule has 2 aromatic heterocycles. The molecule has 0 spiro atoms. The lowest BCUT2D eigenvalue weighted by Gasteiger charge is -2.31. The van der Waals surface area contributed by atoms with Gasteiger partial charge in [0.1, 0.15) is 24.2 Å². The highest BCUT2D eigenvalue weighted by Crippen LogP contribution is 2.34. The Morgan fingerprint density at radius 1 is 1.12 bits per heavy atom. The van der Waals surface area contributed by atoms with Crippen LogP contribution in [0.5, 0.6) is 5.75 Å². The van der Waals surface area contributed by atoms with E-state index in [9.17, 15) is 24.3 Å². The Balaban J connectivity index is 0.997. The average Bonchev–Trinajstić information content (AvgIpc) is 3.56. The van der Waals surface area contributed by atoms with Crippen LogP contribution in [0.1, 0.15) is 60.5 Å². The summed E-state index contributed by atoms with van der Waals surface area (Å²) in [7, 11) is 0. The van der Waals surface area contributed by atoms with Crippen molar-refractivity contribution in [1.29, 1.82) is 0 Å². The van der Waals surface area contributed by atoms with Crippen molar-refractivity contribution in [2.45, 2.75) is 57.6 Å². The smallest absolute Gasteiger partial charge is 0.257 e. The summed E-state index contributed by atoms with van der Waals surface area (Å²) < 4.78 is 12.9. The Labute approximate surface area is 247 Å². The summed E-state index contributed by atoms with van der Waals surface area (Å²) in [6, 6.07) is 5.40. The number of piperidine rings is 1. The molecule has 13 nitrogen and oxygen atoms in total. The number of likely N-dealkylation sites (tertiary alicyclic amines) is 1. The minimum absolute atomic E-state index is 0.0245. The van der Waals surface area contributed by atoms with E-state index in [1.165, 1.54) is 0 Å². The molecule has 0 aliphatic carbocycles. The van der Waals surface area contributed by atoms with Crippen LogP contribution in [0.3, 0.4) is 0 Å². The number of aliphatic hydroxyl groups is 1. The Morgan fingerprint density at radius 3 is 2.65 bits per heavy atom. The predicted octanol–water partition coefficient (Wildman–Crippen LogP) is 1.32. The lowest BCUT2D eigenvalue weighted by atomic mass is 9.91. The molecule has 43 heavy (non-hydrogen) atoms. The van der Waals surface area contributed by atoms with Crippen LogP contribution in [0, 0.1) is 6.92 Å². The second-order valence-electron chi connectivity index (χ2n) is 11.2. The van der Waals surface area contributed by atoms with Gasteiger partial charge in [0.15, 0.2) is 12.3 Å². The monoisotopic (exact) mass is 590 g/mol. The zero-order chi connectivity index (χ0) is 30.1. The van der Waals surface area contributed by atoms with Gasteiger partial charge in [-0.25, -0.2) is 4.98 Å². The molecule has 3 amide bonds. The number of carbonyl (C=O) groups excluding carboxylic acids is 3. The van der Waals surface area contributed by atoms with Gasteiger partial charge >= 0.3 is 0 Å². The topological polar surface area (TPSA) is 160 Å². The molecule has 0 radical (unpaired) electrons. The third kappa shape index (κ3) is 5.95. The highest BCUT2D eigenvalue weighted by molar-refractivity contribution is 6.14. The first kappa shape index (κ1) is 28.7. The van der Waals surface area contributed by atoms with Gasteiger partial charge in [-0.15, -0.1) is 0 Å². The predicted molar refractivity (Wildman–Crippen MR) is 153 cm³/mol. The second-order valence-corrected chi connectivity index (χ2v) is 11.2. The number of aliphatic hydroxyl groups excluding tert-OH is 1. The fraction of sp³-hybridized carbons (Fsp3) is 0.467. The number of ether oxygens (including phenoxy) is 1. The van der Waals surface area contributed by atoms with Crippen molar-refractivity contribution < 1.29 is 28.8 Å². The molecule has 3 aliphatic rings. The first-order valence-corrected chi connectivity index (χ1v) is 14.6. The van der Waals surface area contributed by atoms with E-state index in [2.05, 4.69) is 20.4 Å². The third-order valence-corrected chi connectivity index (χ3v) is 8.49. The number of carbonyl (C=O) groups is 3. The summed E-state index contributed by atoms with van der Waals surface area (Å²) in [5, 5.41) is 18.1. The summed E-state index contributed by atoms with van der Waals surface area (Å²) in [5.74, 6) is -0.329. The Kier molecular flexibility index (Phi) is 8.08. The molecule has 13 heteroatoms. The van der Waals surface area contributed by atoms with Crippen LogP contribution in [-0.2, 0) is 27.3 Å². The standard InChI is InChI=1S/C30H34N6O7/c1-18-21(30(41)35-11-2-3-23(37)29(35)32-18)10-14-34-12-8-19(9-13-34)28-22-5-4-20(15-24(22)43-33-28)42-17-31-25(38)16-36-26(39)6-7-27(36)40/h4-7,15,19,23,37H,2-3,8-14,16-17H2,1H3,(H,31,38). The van der Waals surface area contributed by atoms with Crippen LogP contribution < -0.4 is 15.6 Å². The van der Waals surface area contributed by atoms with Gasteiger partial charge in [0.05, 0.1) is 5.69 Å². The molecule has 1 atom stereocenters. The van der Waals surface area contributed by atoms with Crippen molar-refractivity contribution in [2.75, 3.05) is 32.9 Å². The molecule has 1 aromatic carbocycles. The molecule has 1 saturated heterocycles. The number of amides is 3. The highest BCUT2D eigenvalue weighted by atomic mass is 16.5. The van der Waals surface area contributed by atoms with Crippen molar-refractivity contribution in [1.82, 2.24) is 29.8 Å². The Bertz CT molecular complexity index is 1630. The van der Waals surface area contributed by atoms with Crippen LogP contribution in [0.25, 0.3) is 11.0 Å². The molecule has 3 aromatic rings. The van der Waals surface area contributed by atoms with Gasteiger partial charge in [0.2, 0.25) is 5.91 Å². The molecule has 1 unspecified atom stereocenters. The van der Waals surface area contributed by atoms with Crippen LogP contribution in [0.4, 0.5) is 0 Å². The maximum absolute atomic E-state index is 13.1. The first-order chi connectivity index (χ1) is 20.8. The number of aryl methyl sites for hydroxylation is 1. The molecule has 1 fully saturated rings. The van der Waals surface area contributed by atoms with E-state index in [4.69, 9.17) is 9.26 Å². The summed E-state index contributed by atoms with van der Waals surface area (Å²) in [6.45, 7) is 4.48. The largest absolute Gasteiger partial charge is 0.473 e. The molecular formula is C30H34N6O7.